The number of anilines is 3. The SMILES string of the molecule is CCN(c1ccccc1)S(=O)(=O)c1ccc(NNC(=O)Nc2cccc3ccccc23)nc1. The van der Waals surface area contributed by atoms with Gasteiger partial charge in [-0.15, -0.1) is 0 Å². The number of urea groups is 1. The Balaban J connectivity index is 1.42. The molecule has 0 saturated carbocycles. The maximum Gasteiger partial charge on any atom is 0.337 e. The molecule has 3 aromatic carbocycles. The number of fused-ring (bicyclic) bond motifs is 1. The quantitative estimate of drug-likeness (QED) is 0.349. The van der Waals surface area contributed by atoms with Crippen LogP contribution in [0.3, 0.4) is 0 Å². The molecule has 0 saturated heterocycles. The molecule has 0 aliphatic heterocycles. The lowest BCUT2D eigenvalue weighted by molar-refractivity contribution is 0.254. The van der Waals surface area contributed by atoms with Crippen LogP contribution in [0.25, 0.3) is 10.8 Å². The van der Waals surface area contributed by atoms with Crippen molar-refractivity contribution in [2.75, 3.05) is 21.6 Å². The fraction of sp³-hybridized carbons (Fsp3) is 0.0833. The van der Waals surface area contributed by atoms with E-state index in [0.717, 1.165) is 10.8 Å². The maximum absolute atomic E-state index is 13.0. The number of benzene rings is 3. The second-order valence-electron chi connectivity index (χ2n) is 7.12. The Labute approximate surface area is 192 Å². The molecule has 3 N–H and O–H groups in total. The zero-order valence-corrected chi connectivity index (χ0v) is 18.7. The van der Waals surface area contributed by atoms with E-state index in [2.05, 4.69) is 21.2 Å². The van der Waals surface area contributed by atoms with E-state index in [4.69, 9.17) is 0 Å². The third kappa shape index (κ3) is 4.88. The van der Waals surface area contributed by atoms with E-state index in [0.29, 0.717) is 17.2 Å². The van der Waals surface area contributed by atoms with E-state index in [1.54, 1.807) is 31.2 Å². The van der Waals surface area contributed by atoms with E-state index in [1.165, 1.54) is 22.6 Å². The molecular weight excluding hydrogens is 438 g/mol. The highest BCUT2D eigenvalue weighted by molar-refractivity contribution is 7.92. The van der Waals surface area contributed by atoms with Gasteiger partial charge >= 0.3 is 6.03 Å². The minimum absolute atomic E-state index is 0.0546. The molecule has 0 radical (unpaired) electrons. The van der Waals surface area contributed by atoms with Gasteiger partial charge in [0.2, 0.25) is 0 Å². The van der Waals surface area contributed by atoms with Crippen LogP contribution in [-0.4, -0.2) is 26.0 Å². The van der Waals surface area contributed by atoms with Crippen molar-refractivity contribution >= 4 is 44.0 Å². The van der Waals surface area contributed by atoms with Crippen LogP contribution in [0.5, 0.6) is 0 Å². The van der Waals surface area contributed by atoms with Crippen LogP contribution in [0.15, 0.2) is 96.0 Å². The number of para-hydroxylation sites is 1. The van der Waals surface area contributed by atoms with E-state index < -0.39 is 16.1 Å². The summed E-state index contributed by atoms with van der Waals surface area (Å²) in [5.74, 6) is 0.296. The van der Waals surface area contributed by atoms with Crippen LogP contribution in [0, 0.1) is 0 Å². The van der Waals surface area contributed by atoms with Gasteiger partial charge in [-0.3, -0.25) is 15.2 Å². The van der Waals surface area contributed by atoms with Crippen LogP contribution in [0.2, 0.25) is 0 Å². The molecule has 0 bridgehead atoms. The van der Waals surface area contributed by atoms with Crippen molar-refractivity contribution in [3.05, 3.63) is 91.1 Å². The standard InChI is InChI=1S/C24H23N5O3S/c1-2-29(19-11-4-3-5-12-19)33(31,32)20-15-16-23(25-17-20)27-28-24(30)26-22-14-8-10-18-9-6-7-13-21(18)22/h3-17H,2H2,1H3,(H,25,27)(H2,26,28,30). The van der Waals surface area contributed by atoms with E-state index in [9.17, 15) is 13.2 Å². The van der Waals surface area contributed by atoms with Gasteiger partial charge in [0.15, 0.2) is 0 Å². The number of nitrogens with one attached hydrogen (secondary N) is 3. The Hall–Kier alpha value is -4.11. The number of nitrogens with zero attached hydrogens (tertiary/aromatic N) is 2. The Kier molecular flexibility index (Phi) is 6.41. The third-order valence-corrected chi connectivity index (χ3v) is 6.88. The number of hydrogen-bond acceptors (Lipinski definition) is 5. The highest BCUT2D eigenvalue weighted by atomic mass is 32.2. The molecule has 33 heavy (non-hydrogen) atoms. The fourth-order valence-electron chi connectivity index (χ4n) is 3.43. The Bertz CT molecular complexity index is 1350. The lowest BCUT2D eigenvalue weighted by Crippen LogP contribution is -2.34. The topological polar surface area (TPSA) is 103 Å². The largest absolute Gasteiger partial charge is 0.337 e. The maximum atomic E-state index is 13.0. The van der Waals surface area contributed by atoms with Gasteiger partial charge in [0.1, 0.15) is 10.7 Å². The number of hydrazine groups is 1. The molecule has 9 heteroatoms. The smallest absolute Gasteiger partial charge is 0.306 e. The summed E-state index contributed by atoms with van der Waals surface area (Å²) in [4.78, 5) is 16.5. The molecule has 4 aromatic rings. The molecule has 168 valence electrons. The predicted molar refractivity (Wildman–Crippen MR) is 131 cm³/mol. The summed E-state index contributed by atoms with van der Waals surface area (Å²) < 4.78 is 27.4. The number of sulfonamides is 1. The second kappa shape index (κ2) is 9.58. The van der Waals surface area contributed by atoms with Gasteiger partial charge in [-0.25, -0.2) is 18.2 Å². The van der Waals surface area contributed by atoms with Gasteiger partial charge < -0.3 is 5.32 Å². The predicted octanol–water partition coefficient (Wildman–Crippen LogP) is 4.60. The van der Waals surface area contributed by atoms with Crippen LogP contribution in [0.4, 0.5) is 22.0 Å². The van der Waals surface area contributed by atoms with Crippen molar-refractivity contribution in [1.29, 1.82) is 0 Å². The summed E-state index contributed by atoms with van der Waals surface area (Å²) in [7, 11) is -3.77. The summed E-state index contributed by atoms with van der Waals surface area (Å²) in [6.07, 6.45) is 1.26. The van der Waals surface area contributed by atoms with E-state index >= 15 is 0 Å². The fourth-order valence-corrected chi connectivity index (χ4v) is 4.85. The molecule has 1 heterocycles. The van der Waals surface area contributed by atoms with Crippen molar-refractivity contribution in [1.82, 2.24) is 10.4 Å². The van der Waals surface area contributed by atoms with Crippen LogP contribution < -0.4 is 20.5 Å². The minimum atomic E-state index is -3.77. The molecule has 0 fully saturated rings. The van der Waals surface area contributed by atoms with Gasteiger partial charge in [-0.2, -0.15) is 0 Å². The van der Waals surface area contributed by atoms with E-state index in [-0.39, 0.29) is 11.4 Å². The minimum Gasteiger partial charge on any atom is -0.306 e. The molecular formula is C24H23N5O3S. The second-order valence-corrected chi connectivity index (χ2v) is 8.98. The first-order valence-corrected chi connectivity index (χ1v) is 11.8. The van der Waals surface area contributed by atoms with Crippen molar-refractivity contribution in [2.45, 2.75) is 11.8 Å². The Morgan fingerprint density at radius 1 is 0.909 bits per heavy atom. The van der Waals surface area contributed by atoms with Crippen LogP contribution in [-0.2, 0) is 10.0 Å². The molecule has 0 spiro atoms. The number of amides is 2. The first-order chi connectivity index (χ1) is 16.0. The average molecular weight is 462 g/mol. The molecule has 2 amide bonds. The van der Waals surface area contributed by atoms with Crippen LogP contribution in [0.1, 0.15) is 6.92 Å². The third-order valence-electron chi connectivity index (χ3n) is 5.00. The number of carbonyl (C=O) groups is 1. The lowest BCUT2D eigenvalue weighted by Gasteiger charge is -2.22. The summed E-state index contributed by atoms with van der Waals surface area (Å²) >= 11 is 0. The molecule has 1 aromatic heterocycles. The van der Waals surface area contributed by atoms with Gasteiger partial charge in [0, 0.05) is 18.1 Å². The van der Waals surface area contributed by atoms with Gasteiger partial charge in [-0.05, 0) is 42.6 Å². The molecule has 4 rings (SSSR count). The zero-order valence-electron chi connectivity index (χ0n) is 17.9. The molecule has 0 aliphatic rings. The van der Waals surface area contributed by atoms with Crippen molar-refractivity contribution < 1.29 is 13.2 Å². The zero-order chi connectivity index (χ0) is 23.3. The van der Waals surface area contributed by atoms with Gasteiger partial charge in [-0.1, -0.05) is 54.6 Å². The number of carbonyl (C=O) groups excluding carboxylic acids is 1. The number of aromatic nitrogens is 1. The lowest BCUT2D eigenvalue weighted by atomic mass is 10.1. The van der Waals surface area contributed by atoms with E-state index in [1.807, 2.05) is 48.5 Å². The number of hydrogen-bond donors (Lipinski definition) is 3. The molecule has 0 aliphatic carbocycles. The molecule has 8 nitrogen and oxygen atoms in total. The van der Waals surface area contributed by atoms with Crippen LogP contribution >= 0.6 is 0 Å². The summed E-state index contributed by atoms with van der Waals surface area (Å²) in [6.45, 7) is 2.05. The van der Waals surface area contributed by atoms with Gasteiger partial charge in [0.25, 0.3) is 10.0 Å². The normalized spacial score (nSPS) is 11.1. The van der Waals surface area contributed by atoms with Gasteiger partial charge in [0.05, 0.1) is 11.4 Å². The Morgan fingerprint density at radius 2 is 1.64 bits per heavy atom. The average Bonchev–Trinajstić information content (AvgIpc) is 2.84. The summed E-state index contributed by atoms with van der Waals surface area (Å²) in [5.41, 5.74) is 6.44. The first-order valence-electron chi connectivity index (χ1n) is 10.3. The number of pyridine rings is 1. The highest BCUT2D eigenvalue weighted by Gasteiger charge is 2.23. The van der Waals surface area contributed by atoms with Crippen molar-refractivity contribution in [3.8, 4) is 0 Å². The summed E-state index contributed by atoms with van der Waals surface area (Å²) in [6, 6.07) is 24.7. The monoisotopic (exact) mass is 461 g/mol. The molecule has 0 unspecified atom stereocenters. The first kappa shape index (κ1) is 22.1. The Morgan fingerprint density at radius 3 is 2.36 bits per heavy atom. The highest BCUT2D eigenvalue weighted by Crippen LogP contribution is 2.24. The van der Waals surface area contributed by atoms with Crippen molar-refractivity contribution in [2.24, 2.45) is 0 Å². The van der Waals surface area contributed by atoms with Crippen molar-refractivity contribution in [3.63, 3.8) is 0 Å². The number of rotatable bonds is 7. The summed E-state index contributed by atoms with van der Waals surface area (Å²) in [5, 5.41) is 4.72. The molecule has 0 atom stereocenters.